The molecule has 3 N–H and O–H groups in total. The summed E-state index contributed by atoms with van der Waals surface area (Å²) in [4.78, 5) is 56.3. The molecule has 0 unspecified atom stereocenters. The van der Waals surface area contributed by atoms with Gasteiger partial charge in [-0.05, 0) is 49.4 Å². The van der Waals surface area contributed by atoms with Crippen LogP contribution in [-0.4, -0.2) is 65.5 Å². The number of nitrogens with one attached hydrogen (secondary N) is 3. The van der Waals surface area contributed by atoms with Gasteiger partial charge in [-0.15, -0.1) is 0 Å². The third kappa shape index (κ3) is 6.28. The van der Waals surface area contributed by atoms with Crippen molar-refractivity contribution < 1.29 is 23.9 Å². The van der Waals surface area contributed by atoms with Crippen molar-refractivity contribution in [3.8, 4) is 0 Å². The van der Waals surface area contributed by atoms with Crippen LogP contribution in [0.1, 0.15) is 45.6 Å². The van der Waals surface area contributed by atoms with Crippen molar-refractivity contribution >= 4 is 46.5 Å². The summed E-state index contributed by atoms with van der Waals surface area (Å²) < 4.78 is 5.48. The highest BCUT2D eigenvalue weighted by molar-refractivity contribution is 5.91. The number of cyclic esters (lactones) is 1. The molecule has 3 amide bonds. The summed E-state index contributed by atoms with van der Waals surface area (Å²) in [6.45, 7) is 5.49. The molecule has 5 bridgehead atoms. The second-order valence-electron chi connectivity index (χ2n) is 9.96. The highest BCUT2D eigenvalue weighted by Gasteiger charge is 2.33. The first kappa shape index (κ1) is 27.1. The molecule has 1 aromatic carbocycles. The zero-order valence-electron chi connectivity index (χ0n) is 22.1. The highest BCUT2D eigenvalue weighted by atomic mass is 16.5. The molecule has 2 aliphatic rings. The van der Waals surface area contributed by atoms with Gasteiger partial charge in [-0.1, -0.05) is 38.1 Å². The molecule has 0 aliphatic carbocycles. The number of fused-ring (bicyclic) bond motifs is 4. The largest absolute Gasteiger partial charge is 0.452 e. The number of pyridine rings is 1. The predicted octanol–water partition coefficient (Wildman–Crippen LogP) is 1.69. The van der Waals surface area contributed by atoms with Crippen LogP contribution in [0, 0.1) is 5.92 Å². The quantitative estimate of drug-likeness (QED) is 0.482. The van der Waals surface area contributed by atoms with Crippen molar-refractivity contribution in [1.29, 1.82) is 0 Å². The predicted molar refractivity (Wildman–Crippen MR) is 142 cm³/mol. The molecule has 0 spiro atoms. The highest BCUT2D eigenvalue weighted by Crippen LogP contribution is 2.20. The fourth-order valence-electron chi connectivity index (χ4n) is 4.41. The zero-order valence-corrected chi connectivity index (χ0v) is 22.1. The molecule has 4 rings (SSSR count). The van der Waals surface area contributed by atoms with Gasteiger partial charge in [0.05, 0.1) is 11.9 Å². The number of esters is 1. The molecule has 3 atom stereocenters. The van der Waals surface area contributed by atoms with E-state index in [1.807, 2.05) is 30.3 Å². The van der Waals surface area contributed by atoms with Crippen LogP contribution in [0.15, 0.2) is 36.4 Å². The van der Waals surface area contributed by atoms with Crippen LogP contribution in [-0.2, 0) is 23.9 Å². The minimum atomic E-state index is -1.05. The number of aromatic nitrogens is 1. The second kappa shape index (κ2) is 11.6. The van der Waals surface area contributed by atoms with Crippen molar-refractivity contribution in [2.45, 2.75) is 58.2 Å². The summed E-state index contributed by atoms with van der Waals surface area (Å²) in [7, 11) is 1.70. The van der Waals surface area contributed by atoms with Gasteiger partial charge in [0.1, 0.15) is 17.9 Å². The van der Waals surface area contributed by atoms with E-state index in [0.29, 0.717) is 25.2 Å². The summed E-state index contributed by atoms with van der Waals surface area (Å²) in [6, 6.07) is 7.91. The zero-order chi connectivity index (χ0) is 27.4. The lowest BCUT2D eigenvalue weighted by Crippen LogP contribution is -2.62. The number of rotatable bonds is 1. The minimum Gasteiger partial charge on any atom is -0.452 e. The third-order valence-electron chi connectivity index (χ3n) is 6.54. The van der Waals surface area contributed by atoms with Crippen molar-refractivity contribution in [2.24, 2.45) is 5.92 Å². The van der Waals surface area contributed by atoms with Gasteiger partial charge in [-0.25, -0.2) is 10.4 Å². The maximum Gasteiger partial charge on any atom is 0.310 e. The number of benzene rings is 1. The topological polar surface area (TPSA) is 133 Å². The van der Waals surface area contributed by atoms with E-state index >= 15 is 0 Å². The average molecular weight is 523 g/mol. The average Bonchev–Trinajstić information content (AvgIpc) is 2.90. The summed E-state index contributed by atoms with van der Waals surface area (Å²) in [5, 5.41) is 6.48. The van der Waals surface area contributed by atoms with Crippen LogP contribution in [0.2, 0.25) is 0 Å². The van der Waals surface area contributed by atoms with Gasteiger partial charge < -0.3 is 10.1 Å². The maximum atomic E-state index is 13.1. The van der Waals surface area contributed by atoms with Gasteiger partial charge in [0.15, 0.2) is 6.10 Å². The van der Waals surface area contributed by atoms with Crippen LogP contribution < -0.4 is 21.2 Å². The standard InChI is InChI=1S/C27H34N6O5/c1-16(2)24-26(36)28-17(3)27(37)33-14-6-8-20(30-33)25(35)31-32(4)22-13-12-19-11-10-18(15-21(19)29-22)7-5-9-23(34)38-24/h5,7,10-13,15-17,20,24,30H,6,8-9,14H2,1-4H3,(H,28,36)(H,31,35)/b7-5+/t17-,20-,24+/m0/s1. The Morgan fingerprint density at radius 2 is 1.84 bits per heavy atom. The first-order chi connectivity index (χ1) is 18.1. The lowest BCUT2D eigenvalue weighted by molar-refractivity contribution is -0.158. The number of carbonyl (C=O) groups excluding carboxylic acids is 4. The molecule has 1 fully saturated rings. The van der Waals surface area contributed by atoms with Gasteiger partial charge in [0.2, 0.25) is 0 Å². The molecule has 3 heterocycles. The molecule has 2 aliphatic heterocycles. The van der Waals surface area contributed by atoms with Gasteiger partial charge in [0, 0.05) is 19.0 Å². The fraction of sp³-hybridized carbons (Fsp3) is 0.444. The van der Waals surface area contributed by atoms with E-state index in [9.17, 15) is 19.2 Å². The molecule has 0 radical (unpaired) electrons. The summed E-state index contributed by atoms with van der Waals surface area (Å²) >= 11 is 0. The van der Waals surface area contributed by atoms with E-state index in [-0.39, 0.29) is 18.2 Å². The smallest absolute Gasteiger partial charge is 0.310 e. The molecule has 1 saturated heterocycles. The lowest BCUT2D eigenvalue weighted by Gasteiger charge is -2.35. The van der Waals surface area contributed by atoms with E-state index in [1.165, 1.54) is 5.01 Å². The Kier molecular flexibility index (Phi) is 8.26. The summed E-state index contributed by atoms with van der Waals surface area (Å²) in [6.07, 6.45) is 3.53. The molecule has 38 heavy (non-hydrogen) atoms. The third-order valence-corrected chi connectivity index (χ3v) is 6.54. The number of hydrogen-bond donors (Lipinski definition) is 3. The Morgan fingerprint density at radius 1 is 1.08 bits per heavy atom. The number of anilines is 1. The van der Waals surface area contributed by atoms with Crippen LogP contribution >= 0.6 is 0 Å². The van der Waals surface area contributed by atoms with E-state index in [1.54, 1.807) is 45.0 Å². The molecule has 202 valence electrons. The van der Waals surface area contributed by atoms with Crippen molar-refractivity contribution in [3.05, 3.63) is 42.0 Å². The number of amides is 3. The van der Waals surface area contributed by atoms with E-state index in [4.69, 9.17) is 4.74 Å². The summed E-state index contributed by atoms with van der Waals surface area (Å²) in [5.41, 5.74) is 7.37. The van der Waals surface area contributed by atoms with E-state index in [0.717, 1.165) is 16.5 Å². The molecular weight excluding hydrogens is 488 g/mol. The molecule has 0 saturated carbocycles. The van der Waals surface area contributed by atoms with Crippen LogP contribution in [0.3, 0.4) is 0 Å². The number of ether oxygens (including phenoxy) is 1. The monoisotopic (exact) mass is 522 g/mol. The van der Waals surface area contributed by atoms with Crippen LogP contribution in [0.4, 0.5) is 5.82 Å². The van der Waals surface area contributed by atoms with Crippen molar-refractivity contribution in [2.75, 3.05) is 18.6 Å². The maximum absolute atomic E-state index is 13.1. The normalized spacial score (nSPS) is 24.7. The lowest BCUT2D eigenvalue weighted by atomic mass is 10.1. The van der Waals surface area contributed by atoms with Gasteiger partial charge in [-0.3, -0.25) is 34.6 Å². The Bertz CT molecular complexity index is 1260. The minimum absolute atomic E-state index is 0.0235. The van der Waals surface area contributed by atoms with Gasteiger partial charge in [-0.2, -0.15) is 0 Å². The van der Waals surface area contributed by atoms with E-state index < -0.39 is 36.0 Å². The summed E-state index contributed by atoms with van der Waals surface area (Å²) in [5.74, 6) is -1.55. The molecule has 11 heteroatoms. The van der Waals surface area contributed by atoms with E-state index in [2.05, 4.69) is 21.2 Å². The fourth-order valence-corrected chi connectivity index (χ4v) is 4.41. The Balaban J connectivity index is 1.64. The number of nitrogens with zero attached hydrogens (tertiary/aromatic N) is 3. The molecule has 11 nitrogen and oxygen atoms in total. The molecular formula is C27H34N6O5. The number of hydrogen-bond acceptors (Lipinski definition) is 8. The first-order valence-corrected chi connectivity index (χ1v) is 12.8. The van der Waals surface area contributed by atoms with Gasteiger partial charge >= 0.3 is 5.97 Å². The number of hydrazine groups is 2. The Hall–Kier alpha value is -3.99. The molecule has 2 aromatic rings. The van der Waals surface area contributed by atoms with Crippen LogP contribution in [0.5, 0.6) is 0 Å². The molecule has 1 aromatic heterocycles. The van der Waals surface area contributed by atoms with Crippen molar-refractivity contribution in [1.82, 2.24) is 26.2 Å². The Morgan fingerprint density at radius 3 is 2.61 bits per heavy atom. The van der Waals surface area contributed by atoms with Gasteiger partial charge in [0.25, 0.3) is 17.7 Å². The SMILES string of the molecule is CC(C)[C@H]1OC(=O)C/C=C/c2ccc3ccc(nc3c2)N(C)NC(=O)[C@@H]2CCCN(N2)C(=O)[C@H](C)NC1=O. The Labute approximate surface area is 221 Å². The van der Waals surface area contributed by atoms with Crippen molar-refractivity contribution in [3.63, 3.8) is 0 Å². The number of carbonyl (C=O) groups is 4. The second-order valence-corrected chi connectivity index (χ2v) is 9.96. The van der Waals surface area contributed by atoms with Crippen LogP contribution in [0.25, 0.3) is 17.0 Å². The first-order valence-electron chi connectivity index (χ1n) is 12.8.